The Kier molecular flexibility index (Phi) is 3.10. The topological polar surface area (TPSA) is 45.6 Å². The van der Waals surface area contributed by atoms with Crippen LogP contribution < -0.4 is 5.56 Å². The van der Waals surface area contributed by atoms with E-state index in [1.807, 2.05) is 15.5 Å². The van der Waals surface area contributed by atoms with Crippen LogP contribution in [0.4, 0.5) is 0 Å². The molecule has 3 aliphatic rings. The van der Waals surface area contributed by atoms with Gasteiger partial charge in [0.15, 0.2) is 0 Å². The van der Waals surface area contributed by atoms with E-state index in [1.54, 1.807) is 6.07 Å². The van der Waals surface area contributed by atoms with Crippen LogP contribution in [0.2, 0.25) is 0 Å². The Labute approximate surface area is 124 Å². The van der Waals surface area contributed by atoms with Crippen molar-refractivity contribution < 1.29 is 4.79 Å². The maximum absolute atomic E-state index is 12.0. The second-order valence-electron chi connectivity index (χ2n) is 6.64. The number of nitrogens with zero attached hydrogens (tertiary/aromatic N) is 3. The summed E-state index contributed by atoms with van der Waals surface area (Å²) in [6, 6.07) is 5.62. The van der Waals surface area contributed by atoms with Gasteiger partial charge in [-0.2, -0.15) is 0 Å². The van der Waals surface area contributed by atoms with E-state index in [0.717, 1.165) is 39.3 Å². The summed E-state index contributed by atoms with van der Waals surface area (Å²) in [7, 11) is 0. The molecule has 0 aliphatic carbocycles. The summed E-state index contributed by atoms with van der Waals surface area (Å²) in [6.07, 6.45) is 2.88. The second kappa shape index (κ2) is 4.98. The number of hydrogen-bond donors (Lipinski definition) is 0. The van der Waals surface area contributed by atoms with E-state index in [4.69, 9.17) is 0 Å². The first-order chi connectivity index (χ1) is 10.2. The van der Waals surface area contributed by atoms with E-state index in [9.17, 15) is 9.59 Å². The molecule has 21 heavy (non-hydrogen) atoms. The van der Waals surface area contributed by atoms with Gasteiger partial charge in [-0.3, -0.25) is 14.5 Å². The van der Waals surface area contributed by atoms with Gasteiger partial charge in [0, 0.05) is 50.3 Å². The zero-order valence-electron chi connectivity index (χ0n) is 12.2. The number of piperidine rings is 1. The highest BCUT2D eigenvalue weighted by Gasteiger charge is 2.35. The molecule has 112 valence electrons. The maximum atomic E-state index is 12.0. The minimum Gasteiger partial charge on any atom is -0.330 e. The number of likely N-dealkylation sites (tertiary alicyclic amines) is 2. The van der Waals surface area contributed by atoms with E-state index in [-0.39, 0.29) is 5.56 Å². The van der Waals surface area contributed by atoms with Gasteiger partial charge in [-0.25, -0.2) is 0 Å². The molecule has 0 unspecified atom stereocenters. The average molecular weight is 287 g/mol. The SMILES string of the molecule is O=C1CCCN1CN1C[C@H]2C[C@@H](C1)c1cccc(=O)n1C2. The third kappa shape index (κ3) is 2.29. The number of hydrogen-bond acceptors (Lipinski definition) is 3. The Morgan fingerprint density at radius 3 is 2.86 bits per heavy atom. The van der Waals surface area contributed by atoms with Gasteiger partial charge in [-0.1, -0.05) is 6.07 Å². The smallest absolute Gasteiger partial charge is 0.250 e. The zero-order chi connectivity index (χ0) is 14.4. The number of rotatable bonds is 2. The number of fused-ring (bicyclic) bond motifs is 4. The van der Waals surface area contributed by atoms with Crippen LogP contribution in [0.1, 0.15) is 30.9 Å². The van der Waals surface area contributed by atoms with Crippen molar-refractivity contribution in [1.29, 1.82) is 0 Å². The minimum absolute atomic E-state index is 0.130. The Bertz CT molecular complexity index is 624. The molecule has 0 aromatic carbocycles. The first kappa shape index (κ1) is 13.1. The van der Waals surface area contributed by atoms with Crippen molar-refractivity contribution in [2.75, 3.05) is 26.3 Å². The molecule has 0 saturated carbocycles. The lowest BCUT2D eigenvalue weighted by Gasteiger charge is -2.43. The molecule has 2 saturated heterocycles. The highest BCUT2D eigenvalue weighted by atomic mass is 16.2. The van der Waals surface area contributed by atoms with E-state index in [0.29, 0.717) is 24.2 Å². The van der Waals surface area contributed by atoms with Gasteiger partial charge in [-0.05, 0) is 24.8 Å². The highest BCUT2D eigenvalue weighted by Crippen LogP contribution is 2.35. The van der Waals surface area contributed by atoms with Crippen molar-refractivity contribution in [2.24, 2.45) is 5.92 Å². The minimum atomic E-state index is 0.130. The fourth-order valence-electron chi connectivity index (χ4n) is 4.21. The van der Waals surface area contributed by atoms with E-state index in [2.05, 4.69) is 11.0 Å². The lowest BCUT2D eigenvalue weighted by Crippen LogP contribution is -2.50. The fraction of sp³-hybridized carbons (Fsp3) is 0.625. The molecule has 0 N–H and O–H groups in total. The normalized spacial score (nSPS) is 28.8. The largest absolute Gasteiger partial charge is 0.330 e. The summed E-state index contributed by atoms with van der Waals surface area (Å²) >= 11 is 0. The molecule has 4 rings (SSSR count). The molecule has 2 atom stereocenters. The summed E-state index contributed by atoms with van der Waals surface area (Å²) in [5.41, 5.74) is 1.31. The van der Waals surface area contributed by atoms with Crippen molar-refractivity contribution >= 4 is 5.91 Å². The van der Waals surface area contributed by atoms with Crippen LogP contribution in [0.5, 0.6) is 0 Å². The number of carbonyl (C=O) groups is 1. The molecule has 2 fully saturated rings. The number of amides is 1. The first-order valence-electron chi connectivity index (χ1n) is 7.90. The predicted molar refractivity (Wildman–Crippen MR) is 78.9 cm³/mol. The van der Waals surface area contributed by atoms with Gasteiger partial charge in [0.1, 0.15) is 0 Å². The van der Waals surface area contributed by atoms with Gasteiger partial charge in [-0.15, -0.1) is 0 Å². The molecule has 3 aliphatic heterocycles. The lowest BCUT2D eigenvalue weighted by atomic mass is 9.83. The van der Waals surface area contributed by atoms with E-state index in [1.165, 1.54) is 12.1 Å². The molecule has 1 aromatic rings. The molecular formula is C16H21N3O2. The summed E-state index contributed by atoms with van der Waals surface area (Å²) in [5.74, 6) is 1.26. The van der Waals surface area contributed by atoms with Crippen LogP contribution in [0.3, 0.4) is 0 Å². The lowest BCUT2D eigenvalue weighted by molar-refractivity contribution is -0.130. The Hall–Kier alpha value is -1.62. The van der Waals surface area contributed by atoms with Crippen LogP contribution in [-0.4, -0.2) is 46.6 Å². The monoisotopic (exact) mass is 287 g/mol. The summed E-state index contributed by atoms with van der Waals surface area (Å²) in [4.78, 5) is 28.2. The highest BCUT2D eigenvalue weighted by molar-refractivity contribution is 5.77. The zero-order valence-corrected chi connectivity index (χ0v) is 12.2. The summed E-state index contributed by atoms with van der Waals surface area (Å²) in [5, 5.41) is 0. The summed E-state index contributed by atoms with van der Waals surface area (Å²) < 4.78 is 1.96. The quantitative estimate of drug-likeness (QED) is 0.810. The van der Waals surface area contributed by atoms with Gasteiger partial charge in [0.25, 0.3) is 5.56 Å². The standard InChI is InChI=1S/C16H21N3O2/c20-15-5-2-6-18(15)11-17-8-12-7-13(10-17)14-3-1-4-16(21)19(14)9-12/h1,3-4,12-13H,2,5-11H2/t12-,13+/m1/s1. The third-order valence-electron chi connectivity index (χ3n) is 5.10. The second-order valence-corrected chi connectivity index (χ2v) is 6.64. The van der Waals surface area contributed by atoms with Gasteiger partial charge in [0.2, 0.25) is 5.91 Å². The molecule has 0 radical (unpaired) electrons. The number of pyridine rings is 1. The molecule has 2 bridgehead atoms. The molecule has 5 nitrogen and oxygen atoms in total. The van der Waals surface area contributed by atoms with Crippen molar-refractivity contribution in [3.8, 4) is 0 Å². The molecule has 4 heterocycles. The molecular weight excluding hydrogens is 266 g/mol. The Morgan fingerprint density at radius 2 is 2.05 bits per heavy atom. The maximum Gasteiger partial charge on any atom is 0.250 e. The van der Waals surface area contributed by atoms with Crippen LogP contribution in [0.25, 0.3) is 0 Å². The molecule has 1 aromatic heterocycles. The number of aromatic nitrogens is 1. The summed E-state index contributed by atoms with van der Waals surface area (Å²) in [6.45, 7) is 4.46. The molecule has 5 heteroatoms. The third-order valence-corrected chi connectivity index (χ3v) is 5.10. The van der Waals surface area contributed by atoms with Crippen LogP contribution in [-0.2, 0) is 11.3 Å². The molecule has 0 spiro atoms. The van der Waals surface area contributed by atoms with Gasteiger partial charge in [0.05, 0.1) is 6.67 Å². The first-order valence-corrected chi connectivity index (χ1v) is 7.90. The van der Waals surface area contributed by atoms with Gasteiger partial charge >= 0.3 is 0 Å². The van der Waals surface area contributed by atoms with Crippen LogP contribution in [0, 0.1) is 5.92 Å². The van der Waals surface area contributed by atoms with Crippen molar-refractivity contribution in [1.82, 2.24) is 14.4 Å². The Morgan fingerprint density at radius 1 is 1.14 bits per heavy atom. The van der Waals surface area contributed by atoms with Crippen molar-refractivity contribution in [3.63, 3.8) is 0 Å². The fourth-order valence-corrected chi connectivity index (χ4v) is 4.21. The van der Waals surface area contributed by atoms with E-state index < -0.39 is 0 Å². The van der Waals surface area contributed by atoms with Crippen molar-refractivity contribution in [2.45, 2.75) is 31.7 Å². The van der Waals surface area contributed by atoms with Crippen LogP contribution >= 0.6 is 0 Å². The van der Waals surface area contributed by atoms with Crippen molar-refractivity contribution in [3.05, 3.63) is 34.2 Å². The molecule has 1 amide bonds. The van der Waals surface area contributed by atoms with Gasteiger partial charge < -0.3 is 9.47 Å². The Balaban J connectivity index is 1.54. The van der Waals surface area contributed by atoms with E-state index >= 15 is 0 Å². The average Bonchev–Trinajstić information content (AvgIpc) is 2.86. The predicted octanol–water partition coefficient (Wildman–Crippen LogP) is 0.847. The number of carbonyl (C=O) groups excluding carboxylic acids is 1. The van der Waals surface area contributed by atoms with Crippen LogP contribution in [0.15, 0.2) is 23.0 Å².